The van der Waals surface area contributed by atoms with Gasteiger partial charge in [-0.3, -0.25) is 24.1 Å². The monoisotopic (exact) mass is 711 g/mol. The van der Waals surface area contributed by atoms with Crippen molar-refractivity contribution in [3.8, 4) is 0 Å². The number of unbranched alkanes of at least 4 members (excludes halogenated alkanes) is 2. The lowest BCUT2D eigenvalue weighted by Gasteiger charge is -2.34. The van der Waals surface area contributed by atoms with Crippen molar-refractivity contribution in [1.29, 1.82) is 0 Å². The van der Waals surface area contributed by atoms with Crippen LogP contribution in [-0.4, -0.2) is 95.0 Å². The van der Waals surface area contributed by atoms with Crippen LogP contribution in [0.15, 0.2) is 60.7 Å². The zero-order chi connectivity index (χ0) is 38.1. The van der Waals surface area contributed by atoms with E-state index in [0.29, 0.717) is 23.3 Å². The Balaban J connectivity index is 2.25. The average molecular weight is 712 g/mol. The third kappa shape index (κ3) is 12.9. The second-order valence-corrected chi connectivity index (χ2v) is 12.8. The van der Waals surface area contributed by atoms with E-state index < -0.39 is 78.3 Å². The number of rotatable bonds is 19. The lowest BCUT2D eigenvalue weighted by molar-refractivity contribution is -0.165. The van der Waals surface area contributed by atoms with Gasteiger partial charge < -0.3 is 31.4 Å². The third-order valence-electron chi connectivity index (χ3n) is 8.41. The van der Waals surface area contributed by atoms with E-state index in [9.17, 15) is 33.9 Å². The minimum atomic E-state index is -1.54. The van der Waals surface area contributed by atoms with Crippen LogP contribution in [0.3, 0.4) is 0 Å². The average Bonchev–Trinajstić information content (AvgIpc) is 3.12. The Kier molecular flexibility index (Phi) is 17.9. The Morgan fingerprint density at radius 1 is 0.804 bits per heavy atom. The van der Waals surface area contributed by atoms with Crippen LogP contribution >= 0.6 is 0 Å². The summed E-state index contributed by atoms with van der Waals surface area (Å²) >= 11 is 0. The number of nitrogens with two attached hydrogens (primary N) is 2. The number of aliphatic hydroxyl groups is 1. The van der Waals surface area contributed by atoms with Gasteiger partial charge in [0.15, 0.2) is 0 Å². The summed E-state index contributed by atoms with van der Waals surface area (Å²) in [5.74, 6) is -5.71. The molecule has 51 heavy (non-hydrogen) atoms. The molecule has 0 aromatic heterocycles. The number of imide groups is 2. The van der Waals surface area contributed by atoms with Gasteiger partial charge in [0, 0.05) is 25.5 Å². The molecule has 2 aromatic rings. The summed E-state index contributed by atoms with van der Waals surface area (Å²) in [7, 11) is 1.04. The number of benzene rings is 2. The molecule has 14 nitrogen and oxygen atoms in total. The highest BCUT2D eigenvalue weighted by atomic mass is 16.5. The summed E-state index contributed by atoms with van der Waals surface area (Å²) in [5.41, 5.74) is 13.9. The predicted molar refractivity (Wildman–Crippen MR) is 189 cm³/mol. The Bertz CT molecular complexity index is 1440. The summed E-state index contributed by atoms with van der Waals surface area (Å²) in [4.78, 5) is 80.7. The summed E-state index contributed by atoms with van der Waals surface area (Å²) in [5, 5.41) is 12.7. The van der Waals surface area contributed by atoms with E-state index in [1.54, 1.807) is 38.1 Å². The molecule has 0 spiro atoms. The van der Waals surface area contributed by atoms with Crippen molar-refractivity contribution in [2.45, 2.75) is 90.6 Å². The molecule has 280 valence electrons. The second kappa shape index (κ2) is 21.5. The molecular formula is C37H53N5O9. The number of amides is 5. The summed E-state index contributed by atoms with van der Waals surface area (Å²) < 4.78 is 10.2. The molecule has 3 unspecified atom stereocenters. The van der Waals surface area contributed by atoms with Crippen LogP contribution in [0.5, 0.6) is 0 Å². The van der Waals surface area contributed by atoms with Crippen molar-refractivity contribution >= 4 is 35.7 Å². The number of nitrogens with zero attached hydrogens (tertiary/aromatic N) is 2. The Labute approximate surface area is 299 Å². The van der Waals surface area contributed by atoms with E-state index in [0.717, 1.165) is 24.9 Å². The number of methoxy groups -OCH3 is 1. The fourth-order valence-electron chi connectivity index (χ4n) is 5.37. The minimum absolute atomic E-state index is 0.0442. The van der Waals surface area contributed by atoms with Crippen LogP contribution in [0.2, 0.25) is 0 Å². The molecule has 0 saturated carbocycles. The number of aryl methyl sites for hydroxylation is 1. The number of hydrogen-bond acceptors (Lipinski definition) is 11. The third-order valence-corrected chi connectivity index (χ3v) is 8.41. The van der Waals surface area contributed by atoms with E-state index in [1.807, 2.05) is 36.4 Å². The fraction of sp³-hybridized carbons (Fsp3) is 0.514. The highest BCUT2D eigenvalue weighted by Gasteiger charge is 2.42. The van der Waals surface area contributed by atoms with Crippen molar-refractivity contribution in [3.63, 3.8) is 0 Å². The summed E-state index contributed by atoms with van der Waals surface area (Å²) in [6, 6.07) is 13.5. The first-order valence-electron chi connectivity index (χ1n) is 17.2. The molecule has 0 heterocycles. The lowest BCUT2D eigenvalue weighted by Crippen LogP contribution is -2.60. The van der Waals surface area contributed by atoms with Gasteiger partial charge in [0.2, 0.25) is 23.6 Å². The van der Waals surface area contributed by atoms with Gasteiger partial charge in [-0.2, -0.15) is 0 Å². The zero-order valence-corrected chi connectivity index (χ0v) is 30.2. The Morgan fingerprint density at radius 3 is 1.92 bits per heavy atom. The SMILES string of the molecule is COC(=O)N(C(=O)[C@H](C)N)[C@@H](C)C(=O)NCC(CO)C(N)C(=O)N(C(=O)CCCCCc1ccccc1)C(C(=O)OCc1ccccc1)C(C)C. The van der Waals surface area contributed by atoms with Gasteiger partial charge in [0.05, 0.1) is 19.2 Å². The number of esters is 1. The zero-order valence-electron chi connectivity index (χ0n) is 30.2. The second-order valence-electron chi connectivity index (χ2n) is 12.8. The van der Waals surface area contributed by atoms with Crippen LogP contribution in [0.1, 0.15) is 64.5 Å². The van der Waals surface area contributed by atoms with Gasteiger partial charge in [0.1, 0.15) is 18.7 Å². The first-order valence-corrected chi connectivity index (χ1v) is 17.2. The van der Waals surface area contributed by atoms with Gasteiger partial charge in [-0.15, -0.1) is 0 Å². The molecule has 2 aromatic carbocycles. The number of ether oxygens (including phenoxy) is 2. The molecular weight excluding hydrogens is 658 g/mol. The van der Waals surface area contributed by atoms with Gasteiger partial charge in [-0.05, 0) is 50.2 Å². The Morgan fingerprint density at radius 2 is 1.39 bits per heavy atom. The number of aliphatic hydroxyl groups excluding tert-OH is 1. The number of carbonyl (C=O) groups is 6. The van der Waals surface area contributed by atoms with Gasteiger partial charge in [-0.1, -0.05) is 80.9 Å². The fourth-order valence-corrected chi connectivity index (χ4v) is 5.37. The summed E-state index contributed by atoms with van der Waals surface area (Å²) in [6.45, 7) is 4.83. The standard InChI is InChI=1S/C37H53N5O9/c1-24(2)32(36(48)51-23-28-18-12-7-13-19-28)42(30(44)20-14-8-11-17-27-15-9-6-10-16-27)35(47)31(39)29(22-43)21-40-33(45)26(4)41(37(49)50-5)34(46)25(3)38/h6-7,9-10,12-13,15-16,18-19,24-26,29,31-32,43H,8,11,14,17,20-23,38-39H2,1-5H3,(H,40,45)/t25-,26-,29?,31?,32?/m0/s1. The minimum Gasteiger partial charge on any atom is -0.459 e. The highest BCUT2D eigenvalue weighted by molar-refractivity contribution is 6.02. The van der Waals surface area contributed by atoms with E-state index in [4.69, 9.17) is 16.2 Å². The smallest absolute Gasteiger partial charge is 0.417 e. The van der Waals surface area contributed by atoms with Crippen LogP contribution in [0, 0.1) is 11.8 Å². The maximum absolute atomic E-state index is 14.1. The molecule has 0 fully saturated rings. The molecule has 0 radical (unpaired) electrons. The molecule has 6 N–H and O–H groups in total. The van der Waals surface area contributed by atoms with Crippen molar-refractivity contribution in [2.24, 2.45) is 23.3 Å². The number of carbonyl (C=O) groups excluding carboxylic acids is 6. The van der Waals surface area contributed by atoms with Crippen LogP contribution in [0.25, 0.3) is 0 Å². The molecule has 0 aliphatic carbocycles. The van der Waals surface area contributed by atoms with Crippen LogP contribution in [0.4, 0.5) is 4.79 Å². The van der Waals surface area contributed by atoms with E-state index in [2.05, 4.69) is 10.1 Å². The molecule has 0 bridgehead atoms. The quantitative estimate of drug-likeness (QED) is 0.123. The van der Waals surface area contributed by atoms with E-state index in [-0.39, 0.29) is 19.6 Å². The Hall–Kier alpha value is -4.66. The van der Waals surface area contributed by atoms with Crippen LogP contribution in [-0.2, 0) is 46.5 Å². The van der Waals surface area contributed by atoms with Gasteiger partial charge in [0.25, 0.3) is 0 Å². The number of nitrogens with one attached hydrogen (secondary N) is 1. The van der Waals surface area contributed by atoms with Crippen molar-refractivity contribution < 1.29 is 43.3 Å². The molecule has 0 saturated heterocycles. The predicted octanol–water partition coefficient (Wildman–Crippen LogP) is 2.30. The normalized spacial score (nSPS) is 14.0. The maximum atomic E-state index is 14.1. The topological polar surface area (TPSA) is 212 Å². The molecule has 14 heteroatoms. The van der Waals surface area contributed by atoms with Crippen molar-refractivity contribution in [3.05, 3.63) is 71.8 Å². The van der Waals surface area contributed by atoms with Gasteiger partial charge >= 0.3 is 12.1 Å². The van der Waals surface area contributed by atoms with Crippen molar-refractivity contribution in [1.82, 2.24) is 15.1 Å². The molecule has 2 rings (SSSR count). The molecule has 5 atom stereocenters. The summed E-state index contributed by atoms with van der Waals surface area (Å²) in [6.07, 6.45) is 1.63. The highest BCUT2D eigenvalue weighted by Crippen LogP contribution is 2.20. The molecule has 0 aliphatic heterocycles. The largest absolute Gasteiger partial charge is 0.459 e. The van der Waals surface area contributed by atoms with Gasteiger partial charge in [-0.25, -0.2) is 14.5 Å². The maximum Gasteiger partial charge on any atom is 0.417 e. The van der Waals surface area contributed by atoms with Crippen molar-refractivity contribution in [2.75, 3.05) is 20.3 Å². The first-order chi connectivity index (χ1) is 24.2. The lowest BCUT2D eigenvalue weighted by atomic mass is 9.95. The molecule has 5 amide bonds. The molecule has 0 aliphatic rings. The first kappa shape index (κ1) is 42.5. The number of hydrogen-bond donors (Lipinski definition) is 4. The van der Waals surface area contributed by atoms with E-state index in [1.165, 1.54) is 19.4 Å². The van der Waals surface area contributed by atoms with Crippen LogP contribution < -0.4 is 16.8 Å². The van der Waals surface area contributed by atoms with E-state index >= 15 is 0 Å².